The second-order valence-corrected chi connectivity index (χ2v) is 7.20. The lowest BCUT2D eigenvalue weighted by Gasteiger charge is -2.47. The van der Waals surface area contributed by atoms with Crippen LogP contribution in [0.15, 0.2) is 11.6 Å². The summed E-state index contributed by atoms with van der Waals surface area (Å²) in [5, 5.41) is 10.8. The van der Waals surface area contributed by atoms with E-state index in [-0.39, 0.29) is 24.0 Å². The number of aliphatic hydroxyl groups excluding tert-OH is 1. The minimum absolute atomic E-state index is 0.131. The van der Waals surface area contributed by atoms with Gasteiger partial charge in [-0.1, -0.05) is 6.08 Å². The molecular weight excluding hydrogens is 314 g/mol. The normalized spacial score (nSPS) is 45.6. The third-order valence-corrected chi connectivity index (χ3v) is 6.15. The molecule has 0 aromatic carbocycles. The molecule has 0 radical (unpaired) electrons. The second-order valence-electron chi connectivity index (χ2n) is 7.20. The van der Waals surface area contributed by atoms with Gasteiger partial charge in [0.2, 0.25) is 17.6 Å². The summed E-state index contributed by atoms with van der Waals surface area (Å²) in [4.78, 5) is 26.7. The number of hydrogen-bond donors (Lipinski definition) is 1. The highest BCUT2D eigenvalue weighted by Crippen LogP contribution is 2.58. The van der Waals surface area contributed by atoms with Crippen LogP contribution in [0.25, 0.3) is 0 Å². The van der Waals surface area contributed by atoms with E-state index in [1.165, 1.54) is 4.90 Å². The Morgan fingerprint density at radius 2 is 2.00 bits per heavy atom. The summed E-state index contributed by atoms with van der Waals surface area (Å²) in [5.74, 6) is -2.71. The van der Waals surface area contributed by atoms with E-state index in [0.717, 1.165) is 12.0 Å². The van der Waals surface area contributed by atoms with Gasteiger partial charge >= 0.3 is 0 Å². The number of carbonyl (C=O) groups excluding carboxylic acids is 2. The van der Waals surface area contributed by atoms with Crippen LogP contribution in [0.4, 0.5) is 0 Å². The van der Waals surface area contributed by atoms with Crippen LogP contribution in [0.2, 0.25) is 0 Å². The summed E-state index contributed by atoms with van der Waals surface area (Å²) in [5.41, 5.74) is 0.800. The van der Waals surface area contributed by atoms with Gasteiger partial charge in [-0.3, -0.25) is 14.5 Å². The standard InChI is InChI=1S/C17H21NO6/c1-2-18-15(20)8-4-5-9-11(10(8)16(18)21)12(19)13-14(24-13)17(9)22-6-3-7-23-17/h5,8,10-14,19H,2-4,6-7H2,1H3/t8-,10+,11+,12-,13-,14+/m0/s1. The highest BCUT2D eigenvalue weighted by atomic mass is 16.8. The van der Waals surface area contributed by atoms with Gasteiger partial charge in [0.25, 0.3) is 0 Å². The Balaban J connectivity index is 1.59. The molecule has 0 unspecified atom stereocenters. The van der Waals surface area contributed by atoms with Gasteiger partial charge in [-0.25, -0.2) is 0 Å². The molecule has 1 saturated carbocycles. The van der Waals surface area contributed by atoms with E-state index >= 15 is 0 Å². The van der Waals surface area contributed by atoms with Gasteiger partial charge in [0.1, 0.15) is 12.2 Å². The van der Waals surface area contributed by atoms with E-state index in [1.807, 2.05) is 6.08 Å². The summed E-state index contributed by atoms with van der Waals surface area (Å²) >= 11 is 0. The van der Waals surface area contributed by atoms with Gasteiger partial charge in [0.15, 0.2) is 0 Å². The first-order valence-electron chi connectivity index (χ1n) is 8.77. The number of likely N-dealkylation sites (tertiary alicyclic amines) is 1. The molecule has 0 aromatic heterocycles. The Hall–Kier alpha value is -1.28. The number of carbonyl (C=O) groups is 2. The van der Waals surface area contributed by atoms with Crippen molar-refractivity contribution in [1.29, 1.82) is 0 Å². The fraction of sp³-hybridized carbons (Fsp3) is 0.765. The van der Waals surface area contributed by atoms with Crippen LogP contribution >= 0.6 is 0 Å². The first-order valence-corrected chi connectivity index (χ1v) is 8.77. The molecule has 2 aliphatic carbocycles. The third kappa shape index (κ3) is 1.66. The number of rotatable bonds is 1. The minimum Gasteiger partial charge on any atom is -0.390 e. The van der Waals surface area contributed by atoms with Gasteiger partial charge in [-0.05, 0) is 25.3 Å². The smallest absolute Gasteiger partial charge is 0.233 e. The van der Waals surface area contributed by atoms with Crippen LogP contribution in [0.5, 0.6) is 0 Å². The van der Waals surface area contributed by atoms with Gasteiger partial charge in [-0.15, -0.1) is 0 Å². The average molecular weight is 335 g/mol. The average Bonchev–Trinajstić information content (AvgIpc) is 3.37. The molecule has 5 rings (SSSR count). The largest absolute Gasteiger partial charge is 0.390 e. The topological polar surface area (TPSA) is 88.6 Å². The molecule has 4 fully saturated rings. The molecule has 3 saturated heterocycles. The summed E-state index contributed by atoms with van der Waals surface area (Å²) in [6.07, 6.45) is 1.73. The summed E-state index contributed by atoms with van der Waals surface area (Å²) < 4.78 is 17.7. The summed E-state index contributed by atoms with van der Waals surface area (Å²) in [6.45, 7) is 3.29. The first-order chi connectivity index (χ1) is 11.6. The molecule has 1 spiro atoms. The molecule has 24 heavy (non-hydrogen) atoms. The Bertz CT molecular complexity index is 639. The van der Waals surface area contributed by atoms with Crippen LogP contribution in [0, 0.1) is 17.8 Å². The SMILES string of the molecule is CCN1C(=O)[C@H]2[C@H]3C(=CC[C@@H]2C1=O)C1(OCCCO1)[C@@H]1O[C@H]1[C@H]3O. The molecule has 7 heteroatoms. The van der Waals surface area contributed by atoms with Crippen LogP contribution in [-0.4, -0.2) is 65.7 Å². The van der Waals surface area contributed by atoms with E-state index in [2.05, 4.69) is 0 Å². The molecule has 0 aromatic rings. The van der Waals surface area contributed by atoms with Crippen molar-refractivity contribution in [3.8, 4) is 0 Å². The van der Waals surface area contributed by atoms with Crippen molar-refractivity contribution >= 4 is 11.8 Å². The molecule has 130 valence electrons. The van der Waals surface area contributed by atoms with Gasteiger partial charge < -0.3 is 19.3 Å². The van der Waals surface area contributed by atoms with Crippen molar-refractivity contribution in [3.63, 3.8) is 0 Å². The number of fused-ring (bicyclic) bond motifs is 6. The van der Waals surface area contributed by atoms with E-state index in [9.17, 15) is 14.7 Å². The lowest BCUT2D eigenvalue weighted by molar-refractivity contribution is -0.263. The molecule has 3 aliphatic heterocycles. The van der Waals surface area contributed by atoms with Crippen LogP contribution in [-0.2, 0) is 23.8 Å². The zero-order valence-corrected chi connectivity index (χ0v) is 13.5. The maximum absolute atomic E-state index is 12.8. The van der Waals surface area contributed by atoms with E-state index < -0.39 is 29.6 Å². The molecule has 7 nitrogen and oxygen atoms in total. The third-order valence-electron chi connectivity index (χ3n) is 6.15. The van der Waals surface area contributed by atoms with Crippen molar-refractivity contribution in [2.75, 3.05) is 19.8 Å². The molecule has 2 amide bonds. The minimum atomic E-state index is -0.985. The Morgan fingerprint density at radius 1 is 1.25 bits per heavy atom. The molecule has 3 heterocycles. The number of hydrogen-bond acceptors (Lipinski definition) is 6. The fourth-order valence-corrected chi connectivity index (χ4v) is 5.07. The van der Waals surface area contributed by atoms with Crippen molar-refractivity contribution in [2.24, 2.45) is 17.8 Å². The number of nitrogens with zero attached hydrogens (tertiary/aromatic N) is 1. The summed E-state index contributed by atoms with van der Waals surface area (Å²) in [6, 6.07) is 0. The van der Waals surface area contributed by atoms with E-state index in [1.54, 1.807) is 6.92 Å². The maximum atomic E-state index is 12.8. The monoisotopic (exact) mass is 335 g/mol. The lowest BCUT2D eigenvalue weighted by Crippen LogP contribution is -2.59. The number of imide groups is 1. The number of aliphatic hydroxyl groups is 1. The quantitative estimate of drug-likeness (QED) is 0.407. The Kier molecular flexibility index (Phi) is 3.05. The Labute approximate surface area is 139 Å². The zero-order valence-electron chi connectivity index (χ0n) is 13.5. The number of epoxide rings is 1. The first kappa shape index (κ1) is 15.0. The molecule has 1 N–H and O–H groups in total. The van der Waals surface area contributed by atoms with Gasteiger partial charge in [-0.2, -0.15) is 0 Å². The number of allylic oxidation sites excluding steroid dienone is 1. The summed E-state index contributed by atoms with van der Waals surface area (Å²) in [7, 11) is 0. The molecule has 0 bridgehead atoms. The van der Waals surface area contributed by atoms with E-state index in [0.29, 0.717) is 26.2 Å². The number of amides is 2. The van der Waals surface area contributed by atoms with Crippen LogP contribution in [0.3, 0.4) is 0 Å². The maximum Gasteiger partial charge on any atom is 0.233 e. The van der Waals surface area contributed by atoms with Crippen molar-refractivity contribution in [1.82, 2.24) is 4.90 Å². The fourth-order valence-electron chi connectivity index (χ4n) is 5.07. The zero-order chi connectivity index (χ0) is 16.6. The molecule has 5 aliphatic rings. The van der Waals surface area contributed by atoms with Crippen molar-refractivity contribution < 1.29 is 28.9 Å². The Morgan fingerprint density at radius 3 is 2.71 bits per heavy atom. The molecular formula is C17H21NO6. The van der Waals surface area contributed by atoms with Crippen molar-refractivity contribution in [3.05, 3.63) is 11.6 Å². The highest BCUT2D eigenvalue weighted by Gasteiger charge is 2.72. The predicted molar refractivity (Wildman–Crippen MR) is 79.5 cm³/mol. The van der Waals surface area contributed by atoms with Gasteiger partial charge in [0.05, 0.1) is 31.2 Å². The van der Waals surface area contributed by atoms with Crippen molar-refractivity contribution in [2.45, 2.75) is 43.9 Å². The van der Waals surface area contributed by atoms with Crippen LogP contribution in [0.1, 0.15) is 19.8 Å². The van der Waals surface area contributed by atoms with Crippen LogP contribution < -0.4 is 0 Å². The predicted octanol–water partition coefficient (Wildman–Crippen LogP) is -0.171. The lowest BCUT2D eigenvalue weighted by atomic mass is 9.64. The number of ether oxygens (including phenoxy) is 3. The van der Waals surface area contributed by atoms with E-state index in [4.69, 9.17) is 14.2 Å². The second kappa shape index (κ2) is 4.88. The van der Waals surface area contributed by atoms with Gasteiger partial charge in [0, 0.05) is 12.5 Å². The highest BCUT2D eigenvalue weighted by molar-refractivity contribution is 6.05. The molecule has 6 atom stereocenters.